The van der Waals surface area contributed by atoms with E-state index in [1.54, 1.807) is 11.3 Å². The molecule has 0 amide bonds. The van der Waals surface area contributed by atoms with Gasteiger partial charge in [-0.3, -0.25) is 0 Å². The minimum atomic E-state index is 0.634. The van der Waals surface area contributed by atoms with Crippen LogP contribution >= 0.6 is 11.3 Å². The van der Waals surface area contributed by atoms with Gasteiger partial charge in [0.05, 0.1) is 4.88 Å². The summed E-state index contributed by atoms with van der Waals surface area (Å²) in [6, 6.07) is 74.8. The standard InChI is InChI=1S/C53H35N3S/c1-5-17-36(18-6-1)43-26-14-15-27-46(43)52-54-51(55-53(56-52)48-35-42-25-13-16-28-47(42)57-48)41-31-29-38(30-32-41)45-34-33-44(37-19-7-2-8-20-37)49(39-21-9-3-10-22-39)50(45)40-23-11-4-12-24-40/h1-35H. The van der Waals surface area contributed by atoms with E-state index in [1.807, 2.05) is 6.07 Å². The molecular formula is C53H35N3S. The van der Waals surface area contributed by atoms with Gasteiger partial charge in [-0.05, 0) is 73.2 Å². The fourth-order valence-electron chi connectivity index (χ4n) is 7.68. The number of hydrogen-bond donors (Lipinski definition) is 0. The summed E-state index contributed by atoms with van der Waals surface area (Å²) < 4.78 is 1.20. The predicted molar refractivity (Wildman–Crippen MR) is 239 cm³/mol. The highest BCUT2D eigenvalue weighted by atomic mass is 32.1. The van der Waals surface area contributed by atoms with Crippen LogP contribution in [0.3, 0.4) is 0 Å². The fourth-order valence-corrected chi connectivity index (χ4v) is 8.68. The smallest absolute Gasteiger partial charge is 0.174 e. The SMILES string of the molecule is c1ccc(-c2ccccc2-c2nc(-c3ccc(-c4ccc(-c5ccccc5)c(-c5ccccc5)c4-c4ccccc4)cc3)nc(-c3cc4ccccc4s3)n2)cc1. The minimum Gasteiger partial charge on any atom is -0.208 e. The highest BCUT2D eigenvalue weighted by Crippen LogP contribution is 2.46. The molecule has 0 atom stereocenters. The summed E-state index contributed by atoms with van der Waals surface area (Å²) in [6.07, 6.45) is 0. The number of fused-ring (bicyclic) bond motifs is 1. The van der Waals surface area contributed by atoms with Crippen LogP contribution in [0, 0.1) is 0 Å². The van der Waals surface area contributed by atoms with Crippen molar-refractivity contribution in [1.29, 1.82) is 0 Å². The average Bonchev–Trinajstić information content (AvgIpc) is 3.75. The number of nitrogens with zero attached hydrogens (tertiary/aromatic N) is 3. The predicted octanol–water partition coefficient (Wildman–Crippen LogP) is 14.4. The molecule has 0 saturated carbocycles. The van der Waals surface area contributed by atoms with Gasteiger partial charge < -0.3 is 0 Å². The van der Waals surface area contributed by atoms with E-state index in [-0.39, 0.29) is 0 Å². The third-order valence-electron chi connectivity index (χ3n) is 10.4. The molecule has 0 saturated heterocycles. The monoisotopic (exact) mass is 745 g/mol. The van der Waals surface area contributed by atoms with Crippen LogP contribution in [-0.4, -0.2) is 15.0 Å². The van der Waals surface area contributed by atoms with Crippen LogP contribution in [0.4, 0.5) is 0 Å². The Hall–Kier alpha value is -7.27. The van der Waals surface area contributed by atoms with Gasteiger partial charge in [0.15, 0.2) is 17.5 Å². The number of benzene rings is 8. The summed E-state index contributed by atoms with van der Waals surface area (Å²) in [6.45, 7) is 0. The molecule has 2 aromatic heterocycles. The minimum absolute atomic E-state index is 0.634. The van der Waals surface area contributed by atoms with Crippen LogP contribution in [0.25, 0.3) is 99.2 Å². The largest absolute Gasteiger partial charge is 0.208 e. The number of aromatic nitrogens is 3. The third-order valence-corrected chi connectivity index (χ3v) is 11.5. The zero-order valence-electron chi connectivity index (χ0n) is 31.0. The van der Waals surface area contributed by atoms with Gasteiger partial charge in [0, 0.05) is 15.8 Å². The average molecular weight is 746 g/mol. The summed E-state index contributed by atoms with van der Waals surface area (Å²) in [7, 11) is 0. The van der Waals surface area contributed by atoms with Gasteiger partial charge >= 0.3 is 0 Å². The van der Waals surface area contributed by atoms with Gasteiger partial charge in [-0.15, -0.1) is 11.3 Å². The summed E-state index contributed by atoms with van der Waals surface area (Å²) in [5, 5.41) is 1.18. The van der Waals surface area contributed by atoms with E-state index in [2.05, 4.69) is 206 Å². The maximum atomic E-state index is 5.19. The molecule has 3 nitrogen and oxygen atoms in total. The zero-order chi connectivity index (χ0) is 38.0. The lowest BCUT2D eigenvalue weighted by atomic mass is 9.83. The van der Waals surface area contributed by atoms with E-state index in [0.29, 0.717) is 17.5 Å². The normalized spacial score (nSPS) is 11.2. The third kappa shape index (κ3) is 6.73. The van der Waals surface area contributed by atoms with Crippen molar-refractivity contribution >= 4 is 21.4 Å². The summed E-state index contributed by atoms with van der Waals surface area (Å²) in [5.41, 5.74) is 13.5. The first-order chi connectivity index (χ1) is 28.3. The lowest BCUT2D eigenvalue weighted by molar-refractivity contribution is 1.08. The van der Waals surface area contributed by atoms with E-state index in [0.717, 1.165) is 38.3 Å². The molecule has 8 aromatic carbocycles. The van der Waals surface area contributed by atoms with Crippen LogP contribution in [-0.2, 0) is 0 Å². The first-order valence-corrected chi connectivity index (χ1v) is 19.9. The molecule has 0 spiro atoms. The number of hydrogen-bond acceptors (Lipinski definition) is 4. The first-order valence-electron chi connectivity index (χ1n) is 19.1. The van der Waals surface area contributed by atoms with Crippen LogP contribution < -0.4 is 0 Å². The Kier molecular flexibility index (Phi) is 9.07. The second-order valence-electron chi connectivity index (χ2n) is 14.0. The second-order valence-corrected chi connectivity index (χ2v) is 15.0. The molecule has 268 valence electrons. The Morgan fingerprint density at radius 2 is 0.702 bits per heavy atom. The van der Waals surface area contributed by atoms with Gasteiger partial charge in [0.1, 0.15) is 0 Å². The van der Waals surface area contributed by atoms with Gasteiger partial charge in [0.2, 0.25) is 0 Å². The van der Waals surface area contributed by atoms with Gasteiger partial charge in [-0.2, -0.15) is 0 Å². The molecule has 4 heteroatoms. The van der Waals surface area contributed by atoms with Crippen LogP contribution in [0.2, 0.25) is 0 Å². The van der Waals surface area contributed by atoms with Gasteiger partial charge in [-0.1, -0.05) is 200 Å². The van der Waals surface area contributed by atoms with Crippen LogP contribution in [0.5, 0.6) is 0 Å². The van der Waals surface area contributed by atoms with Gasteiger partial charge in [-0.25, -0.2) is 15.0 Å². The zero-order valence-corrected chi connectivity index (χ0v) is 31.8. The molecule has 0 radical (unpaired) electrons. The first kappa shape index (κ1) is 34.2. The number of thiophene rings is 1. The van der Waals surface area contributed by atoms with E-state index in [4.69, 9.17) is 15.0 Å². The molecule has 0 aliphatic carbocycles. The van der Waals surface area contributed by atoms with E-state index in [1.165, 1.54) is 43.5 Å². The maximum Gasteiger partial charge on any atom is 0.174 e. The molecule has 10 aromatic rings. The van der Waals surface area contributed by atoms with Crippen LogP contribution in [0.15, 0.2) is 212 Å². The molecule has 2 heterocycles. The van der Waals surface area contributed by atoms with E-state index >= 15 is 0 Å². The van der Waals surface area contributed by atoms with Crippen molar-refractivity contribution in [3.05, 3.63) is 212 Å². The fraction of sp³-hybridized carbons (Fsp3) is 0. The molecule has 57 heavy (non-hydrogen) atoms. The second kappa shape index (κ2) is 15.1. The summed E-state index contributed by atoms with van der Waals surface area (Å²) >= 11 is 1.70. The lowest BCUT2D eigenvalue weighted by Gasteiger charge is -2.21. The van der Waals surface area contributed by atoms with Crippen molar-refractivity contribution in [1.82, 2.24) is 15.0 Å². The Bertz CT molecular complexity index is 2940. The van der Waals surface area contributed by atoms with Crippen molar-refractivity contribution < 1.29 is 0 Å². The Labute approximate surface area is 336 Å². The Balaban J connectivity index is 1.14. The molecule has 0 bridgehead atoms. The van der Waals surface area contributed by atoms with Crippen LogP contribution in [0.1, 0.15) is 0 Å². The number of rotatable bonds is 8. The van der Waals surface area contributed by atoms with E-state index in [9.17, 15) is 0 Å². The van der Waals surface area contributed by atoms with E-state index < -0.39 is 0 Å². The Morgan fingerprint density at radius 1 is 0.281 bits per heavy atom. The van der Waals surface area contributed by atoms with Gasteiger partial charge in [0.25, 0.3) is 0 Å². The molecule has 10 rings (SSSR count). The molecule has 0 aliphatic rings. The molecule has 0 unspecified atom stereocenters. The van der Waals surface area contributed by atoms with Crippen molar-refractivity contribution in [3.8, 4) is 89.1 Å². The molecular weight excluding hydrogens is 711 g/mol. The Morgan fingerprint density at radius 3 is 1.28 bits per heavy atom. The summed E-state index contributed by atoms with van der Waals surface area (Å²) in [5.74, 6) is 1.94. The topological polar surface area (TPSA) is 38.7 Å². The molecule has 0 aliphatic heterocycles. The quantitative estimate of drug-likeness (QED) is 0.155. The van der Waals surface area contributed by atoms with Crippen molar-refractivity contribution in [3.63, 3.8) is 0 Å². The lowest BCUT2D eigenvalue weighted by Crippen LogP contribution is -2.00. The maximum absolute atomic E-state index is 5.19. The van der Waals surface area contributed by atoms with Crippen molar-refractivity contribution in [2.45, 2.75) is 0 Å². The molecule has 0 N–H and O–H groups in total. The van der Waals surface area contributed by atoms with Crippen molar-refractivity contribution in [2.24, 2.45) is 0 Å². The highest BCUT2D eigenvalue weighted by molar-refractivity contribution is 7.22. The summed E-state index contributed by atoms with van der Waals surface area (Å²) in [4.78, 5) is 16.5. The highest BCUT2D eigenvalue weighted by Gasteiger charge is 2.21. The van der Waals surface area contributed by atoms with Crippen molar-refractivity contribution in [2.75, 3.05) is 0 Å². The molecule has 0 fully saturated rings.